The summed E-state index contributed by atoms with van der Waals surface area (Å²) in [6.45, 7) is 3.82. The summed E-state index contributed by atoms with van der Waals surface area (Å²) in [4.78, 5) is 15.9. The molecule has 0 radical (unpaired) electrons. The number of halogens is 1. The van der Waals surface area contributed by atoms with Gasteiger partial charge in [0.05, 0.1) is 0 Å². The predicted octanol–water partition coefficient (Wildman–Crippen LogP) is 4.12. The second kappa shape index (κ2) is 8.44. The summed E-state index contributed by atoms with van der Waals surface area (Å²) >= 11 is 0. The van der Waals surface area contributed by atoms with Crippen LogP contribution in [0.1, 0.15) is 31.2 Å². The molecule has 0 unspecified atom stereocenters. The Morgan fingerprint density at radius 1 is 1.11 bits per heavy atom. The number of carbonyl (C=O) groups excluding carboxylic acids is 1. The van der Waals surface area contributed by atoms with E-state index in [0.717, 1.165) is 0 Å². The molecule has 140 valence electrons. The average molecular weight is 370 g/mol. The van der Waals surface area contributed by atoms with Gasteiger partial charge < -0.3 is 14.0 Å². The number of hydrogen-bond donors (Lipinski definition) is 0. The maximum Gasteiger partial charge on any atom is 0.344 e. The summed E-state index contributed by atoms with van der Waals surface area (Å²) in [5.74, 6) is 0.553. The van der Waals surface area contributed by atoms with Gasteiger partial charge in [-0.3, -0.25) is 0 Å². The van der Waals surface area contributed by atoms with Crippen molar-refractivity contribution in [3.05, 3.63) is 65.8 Å². The van der Waals surface area contributed by atoms with Crippen LogP contribution in [0.3, 0.4) is 0 Å². The topological polar surface area (TPSA) is 74.5 Å². The third kappa shape index (κ3) is 5.13. The van der Waals surface area contributed by atoms with Crippen LogP contribution in [0, 0.1) is 5.82 Å². The zero-order chi connectivity index (χ0) is 19.2. The molecular weight excluding hydrogens is 351 g/mol. The van der Waals surface area contributed by atoms with Crippen LogP contribution in [0.25, 0.3) is 11.4 Å². The Labute approximate surface area is 155 Å². The molecule has 7 heteroatoms. The zero-order valence-electron chi connectivity index (χ0n) is 15.0. The van der Waals surface area contributed by atoms with Gasteiger partial charge in [0.1, 0.15) is 11.6 Å². The van der Waals surface area contributed by atoms with E-state index in [4.69, 9.17) is 14.0 Å². The van der Waals surface area contributed by atoms with Gasteiger partial charge in [0.25, 0.3) is 5.89 Å². The highest BCUT2D eigenvalue weighted by Crippen LogP contribution is 2.19. The van der Waals surface area contributed by atoms with Crippen molar-refractivity contribution in [2.24, 2.45) is 0 Å². The fraction of sp³-hybridized carbons (Fsp3) is 0.250. The van der Waals surface area contributed by atoms with Crippen LogP contribution in [0.4, 0.5) is 4.39 Å². The van der Waals surface area contributed by atoms with Gasteiger partial charge in [-0.05, 0) is 47.9 Å². The third-order valence-corrected chi connectivity index (χ3v) is 3.83. The number of nitrogens with zero attached hydrogens (tertiary/aromatic N) is 2. The Morgan fingerprint density at radius 2 is 1.81 bits per heavy atom. The van der Waals surface area contributed by atoms with E-state index in [1.807, 2.05) is 24.3 Å². The maximum absolute atomic E-state index is 12.9. The zero-order valence-corrected chi connectivity index (χ0v) is 15.0. The van der Waals surface area contributed by atoms with Gasteiger partial charge in [-0.25, -0.2) is 9.18 Å². The Morgan fingerprint density at radius 3 is 2.48 bits per heavy atom. The van der Waals surface area contributed by atoms with Crippen LogP contribution in [-0.4, -0.2) is 22.7 Å². The number of ether oxygens (including phenoxy) is 2. The van der Waals surface area contributed by atoms with E-state index in [0.29, 0.717) is 23.1 Å². The van der Waals surface area contributed by atoms with E-state index in [9.17, 15) is 9.18 Å². The molecule has 0 N–H and O–H groups in total. The minimum Gasteiger partial charge on any atom is -0.482 e. The van der Waals surface area contributed by atoms with E-state index in [-0.39, 0.29) is 24.9 Å². The highest BCUT2D eigenvalue weighted by Gasteiger charge is 2.12. The van der Waals surface area contributed by atoms with E-state index in [1.165, 1.54) is 29.8 Å². The molecule has 0 aliphatic rings. The maximum atomic E-state index is 12.9. The monoisotopic (exact) mass is 370 g/mol. The van der Waals surface area contributed by atoms with Gasteiger partial charge in [0.15, 0.2) is 13.2 Å². The summed E-state index contributed by atoms with van der Waals surface area (Å²) in [6, 6.07) is 13.2. The number of carbonyl (C=O) groups is 1. The summed E-state index contributed by atoms with van der Waals surface area (Å²) in [7, 11) is 0. The van der Waals surface area contributed by atoms with Gasteiger partial charge in [-0.15, -0.1) is 0 Å². The molecule has 0 aliphatic carbocycles. The van der Waals surface area contributed by atoms with Gasteiger partial charge in [0.2, 0.25) is 5.82 Å². The molecule has 6 nitrogen and oxygen atoms in total. The number of hydrogen-bond acceptors (Lipinski definition) is 6. The molecule has 0 fully saturated rings. The second-order valence-corrected chi connectivity index (χ2v) is 6.19. The fourth-order valence-corrected chi connectivity index (χ4v) is 2.30. The van der Waals surface area contributed by atoms with E-state index < -0.39 is 5.97 Å². The standard InChI is InChI=1S/C20H19FN2O4/c1-13(2)14-5-9-17(10-6-14)25-12-19(24)26-11-18-22-20(23-27-18)15-3-7-16(21)8-4-15/h3-10,13H,11-12H2,1-2H3. The lowest BCUT2D eigenvalue weighted by Crippen LogP contribution is -2.14. The van der Waals surface area contributed by atoms with Gasteiger partial charge in [-0.1, -0.05) is 31.1 Å². The molecule has 3 aromatic rings. The van der Waals surface area contributed by atoms with Crippen molar-refractivity contribution in [2.75, 3.05) is 6.61 Å². The summed E-state index contributed by atoms with van der Waals surface area (Å²) in [5, 5.41) is 3.78. The normalized spacial score (nSPS) is 10.8. The van der Waals surface area contributed by atoms with Gasteiger partial charge >= 0.3 is 5.97 Å². The smallest absolute Gasteiger partial charge is 0.344 e. The van der Waals surface area contributed by atoms with Crippen molar-refractivity contribution in [3.63, 3.8) is 0 Å². The van der Waals surface area contributed by atoms with Crippen molar-refractivity contribution in [3.8, 4) is 17.1 Å². The first kappa shape index (κ1) is 18.6. The first-order valence-electron chi connectivity index (χ1n) is 8.48. The van der Waals surface area contributed by atoms with Gasteiger partial charge in [-0.2, -0.15) is 4.98 Å². The van der Waals surface area contributed by atoms with Crippen molar-refractivity contribution >= 4 is 5.97 Å². The molecular formula is C20H19FN2O4. The highest BCUT2D eigenvalue weighted by molar-refractivity contribution is 5.71. The number of aromatic nitrogens is 2. The largest absolute Gasteiger partial charge is 0.482 e. The molecule has 0 aliphatic heterocycles. The SMILES string of the molecule is CC(C)c1ccc(OCC(=O)OCc2nc(-c3ccc(F)cc3)no2)cc1. The minimum atomic E-state index is -0.551. The van der Waals surface area contributed by atoms with Crippen LogP contribution in [0.2, 0.25) is 0 Å². The van der Waals surface area contributed by atoms with Crippen LogP contribution in [-0.2, 0) is 16.1 Å². The second-order valence-electron chi connectivity index (χ2n) is 6.19. The number of esters is 1. The molecule has 1 aromatic heterocycles. The van der Waals surface area contributed by atoms with E-state index >= 15 is 0 Å². The summed E-state index contributed by atoms with van der Waals surface area (Å²) in [6.07, 6.45) is 0. The summed E-state index contributed by atoms with van der Waals surface area (Å²) in [5.41, 5.74) is 1.80. The van der Waals surface area contributed by atoms with Crippen molar-refractivity contribution in [1.29, 1.82) is 0 Å². The minimum absolute atomic E-state index is 0.143. The predicted molar refractivity (Wildman–Crippen MR) is 95.5 cm³/mol. The van der Waals surface area contributed by atoms with Crippen molar-refractivity contribution < 1.29 is 23.2 Å². The van der Waals surface area contributed by atoms with Crippen molar-refractivity contribution in [1.82, 2.24) is 10.1 Å². The molecule has 3 rings (SSSR count). The Bertz CT molecular complexity index is 889. The van der Waals surface area contributed by atoms with Crippen LogP contribution in [0.15, 0.2) is 53.1 Å². The molecule has 0 bridgehead atoms. The lowest BCUT2D eigenvalue weighted by Gasteiger charge is -2.08. The molecule has 0 saturated heterocycles. The highest BCUT2D eigenvalue weighted by atomic mass is 19.1. The Hall–Kier alpha value is -3.22. The fourth-order valence-electron chi connectivity index (χ4n) is 2.30. The first-order chi connectivity index (χ1) is 13.0. The Balaban J connectivity index is 1.47. The molecule has 0 spiro atoms. The molecule has 2 aromatic carbocycles. The van der Waals surface area contributed by atoms with Crippen molar-refractivity contribution in [2.45, 2.75) is 26.4 Å². The first-order valence-corrected chi connectivity index (χ1v) is 8.48. The van der Waals surface area contributed by atoms with Crippen LogP contribution >= 0.6 is 0 Å². The van der Waals surface area contributed by atoms with Crippen LogP contribution in [0.5, 0.6) is 5.75 Å². The number of rotatable bonds is 7. The average Bonchev–Trinajstić information content (AvgIpc) is 3.14. The third-order valence-electron chi connectivity index (χ3n) is 3.83. The summed E-state index contributed by atoms with van der Waals surface area (Å²) < 4.78 is 28.4. The van der Waals surface area contributed by atoms with Gasteiger partial charge in [0, 0.05) is 5.56 Å². The quantitative estimate of drug-likeness (QED) is 0.583. The lowest BCUT2D eigenvalue weighted by atomic mass is 10.0. The molecule has 0 amide bonds. The Kier molecular flexibility index (Phi) is 5.80. The van der Waals surface area contributed by atoms with E-state index in [1.54, 1.807) is 0 Å². The van der Waals surface area contributed by atoms with Crippen LogP contribution < -0.4 is 4.74 Å². The molecule has 1 heterocycles. The number of benzene rings is 2. The molecule has 0 saturated carbocycles. The molecule has 27 heavy (non-hydrogen) atoms. The lowest BCUT2D eigenvalue weighted by molar-refractivity contribution is -0.148. The molecule has 0 atom stereocenters. The van der Waals surface area contributed by atoms with E-state index in [2.05, 4.69) is 24.0 Å².